The van der Waals surface area contributed by atoms with E-state index in [0.717, 1.165) is 0 Å². The van der Waals surface area contributed by atoms with Crippen LogP contribution in [0.1, 0.15) is 22.8 Å². The lowest BCUT2D eigenvalue weighted by Crippen LogP contribution is -2.18. The van der Waals surface area contributed by atoms with Crippen LogP contribution < -0.4 is 10.2 Å². The number of carbonyl (C=O) groups is 1. The van der Waals surface area contributed by atoms with Gasteiger partial charge < -0.3 is 9.84 Å². The zero-order valence-corrected chi connectivity index (χ0v) is 15.6. The third-order valence-electron chi connectivity index (χ3n) is 2.91. The molecule has 0 heterocycles. The molecule has 5 nitrogen and oxygen atoms in total. The largest absolute Gasteiger partial charge is 0.504 e. The van der Waals surface area contributed by atoms with Crippen molar-refractivity contribution in [1.82, 2.24) is 5.43 Å². The molecule has 0 radical (unpaired) electrons. The van der Waals surface area contributed by atoms with Crippen LogP contribution in [0.15, 0.2) is 39.9 Å². The fourth-order valence-corrected chi connectivity index (χ4v) is 2.80. The Morgan fingerprint density at radius 3 is 2.79 bits per heavy atom. The highest BCUT2D eigenvalue weighted by Gasteiger charge is 2.11. The Labute approximate surface area is 157 Å². The number of hydrogen-bond acceptors (Lipinski definition) is 4. The molecule has 1 amide bonds. The molecule has 0 saturated heterocycles. The van der Waals surface area contributed by atoms with Gasteiger partial charge in [0, 0.05) is 15.1 Å². The maximum Gasteiger partial charge on any atom is 0.272 e. The lowest BCUT2D eigenvalue weighted by molar-refractivity contribution is 0.0955. The molecule has 0 fully saturated rings. The van der Waals surface area contributed by atoms with Gasteiger partial charge >= 0.3 is 0 Å². The van der Waals surface area contributed by atoms with Gasteiger partial charge in [0.1, 0.15) is 0 Å². The number of halogens is 3. The predicted octanol–water partition coefficient (Wildman–Crippen LogP) is 4.62. The van der Waals surface area contributed by atoms with E-state index >= 15 is 0 Å². The lowest BCUT2D eigenvalue weighted by atomic mass is 10.2. The number of benzene rings is 2. The summed E-state index contributed by atoms with van der Waals surface area (Å²) < 4.78 is 6.03. The third kappa shape index (κ3) is 4.63. The molecule has 0 aromatic heterocycles. The summed E-state index contributed by atoms with van der Waals surface area (Å²) in [6.07, 6.45) is 1.31. The Morgan fingerprint density at radius 2 is 2.12 bits per heavy atom. The molecule has 2 aromatic rings. The SMILES string of the molecule is CCOc1cc(Br)cc(/C=N/NC(=O)c2ccc(Cl)cc2Cl)c1O. The Morgan fingerprint density at radius 1 is 1.38 bits per heavy atom. The summed E-state index contributed by atoms with van der Waals surface area (Å²) >= 11 is 15.1. The fourth-order valence-electron chi connectivity index (χ4n) is 1.85. The Kier molecular flexibility index (Phi) is 6.48. The summed E-state index contributed by atoms with van der Waals surface area (Å²) in [6.45, 7) is 2.22. The molecule has 8 heteroatoms. The molecule has 2 N–H and O–H groups in total. The van der Waals surface area contributed by atoms with Gasteiger partial charge in [-0.1, -0.05) is 39.1 Å². The van der Waals surface area contributed by atoms with E-state index in [4.69, 9.17) is 27.9 Å². The van der Waals surface area contributed by atoms with E-state index in [0.29, 0.717) is 27.4 Å². The summed E-state index contributed by atoms with van der Waals surface area (Å²) in [7, 11) is 0. The van der Waals surface area contributed by atoms with Crippen LogP contribution in [0.5, 0.6) is 11.5 Å². The molecule has 0 unspecified atom stereocenters. The number of hydrogen-bond donors (Lipinski definition) is 2. The van der Waals surface area contributed by atoms with Crippen molar-refractivity contribution in [1.29, 1.82) is 0 Å². The van der Waals surface area contributed by atoms with Gasteiger partial charge in [-0.05, 0) is 37.3 Å². The smallest absolute Gasteiger partial charge is 0.272 e. The van der Waals surface area contributed by atoms with Crippen molar-refractivity contribution in [3.05, 3.63) is 56.0 Å². The van der Waals surface area contributed by atoms with Gasteiger partial charge in [0.25, 0.3) is 5.91 Å². The standard InChI is InChI=1S/C16H13BrCl2N2O3/c1-2-24-14-6-10(17)5-9(15(14)22)8-20-21-16(23)12-4-3-11(18)7-13(12)19/h3-8,22H,2H2,1H3,(H,21,23)/b20-8+. The summed E-state index contributed by atoms with van der Waals surface area (Å²) in [5, 5.41) is 14.6. The maximum absolute atomic E-state index is 12.0. The number of nitrogens with zero attached hydrogens (tertiary/aromatic N) is 1. The van der Waals surface area contributed by atoms with Gasteiger partial charge in [-0.3, -0.25) is 4.79 Å². The number of rotatable bonds is 5. The van der Waals surface area contributed by atoms with Crippen LogP contribution in [0.2, 0.25) is 10.0 Å². The summed E-state index contributed by atoms with van der Waals surface area (Å²) in [4.78, 5) is 12.0. The number of phenolic OH excluding ortho intramolecular Hbond substituents is 1. The monoisotopic (exact) mass is 430 g/mol. The van der Waals surface area contributed by atoms with Crippen LogP contribution >= 0.6 is 39.1 Å². The Hall–Kier alpha value is -1.76. The first-order chi connectivity index (χ1) is 11.4. The number of hydrazone groups is 1. The van der Waals surface area contributed by atoms with Crippen LogP contribution in [0, 0.1) is 0 Å². The highest BCUT2D eigenvalue weighted by Crippen LogP contribution is 2.32. The van der Waals surface area contributed by atoms with Crippen LogP contribution in [-0.2, 0) is 0 Å². The normalized spacial score (nSPS) is 10.8. The van der Waals surface area contributed by atoms with E-state index in [-0.39, 0.29) is 16.3 Å². The zero-order valence-electron chi connectivity index (χ0n) is 12.5. The minimum Gasteiger partial charge on any atom is -0.504 e. The number of amides is 1. The second-order valence-electron chi connectivity index (χ2n) is 4.60. The minimum atomic E-state index is -0.493. The molecule has 24 heavy (non-hydrogen) atoms. The number of aromatic hydroxyl groups is 1. The Balaban J connectivity index is 2.15. The van der Waals surface area contributed by atoms with E-state index in [1.807, 2.05) is 6.92 Å². The van der Waals surface area contributed by atoms with Crippen molar-refractivity contribution in [2.45, 2.75) is 6.92 Å². The molecule has 0 aliphatic rings. The second kappa shape index (κ2) is 8.37. The number of ether oxygens (including phenoxy) is 1. The van der Waals surface area contributed by atoms with E-state index in [1.54, 1.807) is 18.2 Å². The molecule has 126 valence electrons. The lowest BCUT2D eigenvalue weighted by Gasteiger charge is -2.08. The molecule has 2 rings (SSSR count). The van der Waals surface area contributed by atoms with Gasteiger partial charge in [0.15, 0.2) is 11.5 Å². The van der Waals surface area contributed by atoms with Crippen molar-refractivity contribution >= 4 is 51.3 Å². The Bertz CT molecular complexity index is 797. The third-order valence-corrected chi connectivity index (χ3v) is 3.92. The van der Waals surface area contributed by atoms with E-state index < -0.39 is 5.91 Å². The average Bonchev–Trinajstić information content (AvgIpc) is 2.51. The summed E-state index contributed by atoms with van der Waals surface area (Å²) in [5.74, 6) is -0.240. The maximum atomic E-state index is 12.0. The second-order valence-corrected chi connectivity index (χ2v) is 6.36. The van der Waals surface area contributed by atoms with Crippen LogP contribution in [0.25, 0.3) is 0 Å². The minimum absolute atomic E-state index is 0.0671. The topological polar surface area (TPSA) is 70.9 Å². The summed E-state index contributed by atoms with van der Waals surface area (Å²) in [6, 6.07) is 7.81. The highest BCUT2D eigenvalue weighted by atomic mass is 79.9. The zero-order chi connectivity index (χ0) is 17.7. The highest BCUT2D eigenvalue weighted by molar-refractivity contribution is 9.10. The molecule has 0 saturated carbocycles. The van der Waals surface area contributed by atoms with Crippen molar-refractivity contribution in [2.75, 3.05) is 6.61 Å². The first kappa shape index (κ1) is 18.6. The van der Waals surface area contributed by atoms with Gasteiger partial charge in [-0.15, -0.1) is 0 Å². The quantitative estimate of drug-likeness (QED) is 0.535. The van der Waals surface area contributed by atoms with Gasteiger partial charge in [0.2, 0.25) is 0 Å². The van der Waals surface area contributed by atoms with Crippen LogP contribution in [0.4, 0.5) is 0 Å². The van der Waals surface area contributed by atoms with E-state index in [2.05, 4.69) is 26.5 Å². The van der Waals surface area contributed by atoms with Crippen LogP contribution in [-0.4, -0.2) is 23.8 Å². The molecule has 0 aliphatic heterocycles. The van der Waals surface area contributed by atoms with E-state index in [1.165, 1.54) is 18.3 Å². The van der Waals surface area contributed by atoms with Gasteiger partial charge in [-0.2, -0.15) is 5.10 Å². The van der Waals surface area contributed by atoms with Crippen molar-refractivity contribution in [2.24, 2.45) is 5.10 Å². The summed E-state index contributed by atoms with van der Waals surface area (Å²) in [5.41, 5.74) is 2.97. The van der Waals surface area contributed by atoms with Gasteiger partial charge in [0.05, 0.1) is 23.4 Å². The number of nitrogens with one attached hydrogen (secondary N) is 1. The fraction of sp³-hybridized carbons (Fsp3) is 0.125. The van der Waals surface area contributed by atoms with Crippen molar-refractivity contribution < 1.29 is 14.6 Å². The van der Waals surface area contributed by atoms with E-state index in [9.17, 15) is 9.90 Å². The molecule has 0 atom stereocenters. The average molecular weight is 432 g/mol. The van der Waals surface area contributed by atoms with Crippen molar-refractivity contribution in [3.8, 4) is 11.5 Å². The van der Waals surface area contributed by atoms with Gasteiger partial charge in [-0.25, -0.2) is 5.43 Å². The van der Waals surface area contributed by atoms with Crippen molar-refractivity contribution in [3.63, 3.8) is 0 Å². The molecule has 0 bridgehead atoms. The molecule has 0 spiro atoms. The molecular formula is C16H13BrCl2N2O3. The molecular weight excluding hydrogens is 419 g/mol. The first-order valence-electron chi connectivity index (χ1n) is 6.86. The molecule has 0 aliphatic carbocycles. The molecule has 2 aromatic carbocycles. The first-order valence-corrected chi connectivity index (χ1v) is 8.41. The number of carbonyl (C=O) groups excluding carboxylic acids is 1. The predicted molar refractivity (Wildman–Crippen MR) is 98.5 cm³/mol. The number of phenols is 1. The van der Waals surface area contributed by atoms with Crippen LogP contribution in [0.3, 0.4) is 0 Å².